The van der Waals surface area contributed by atoms with E-state index in [4.69, 9.17) is 11.0 Å². The minimum Gasteiger partial charge on any atom is -0.326 e. The van der Waals surface area contributed by atoms with Gasteiger partial charge in [-0.3, -0.25) is 4.98 Å². The first-order valence-electron chi connectivity index (χ1n) is 4.13. The van der Waals surface area contributed by atoms with Crippen LogP contribution in [0, 0.1) is 17.1 Å². The summed E-state index contributed by atoms with van der Waals surface area (Å²) in [5, 5.41) is 8.39. The summed E-state index contributed by atoms with van der Waals surface area (Å²) in [7, 11) is 0. The number of nitriles is 1. The first-order chi connectivity index (χ1) is 7.11. The van der Waals surface area contributed by atoms with Gasteiger partial charge in [0.1, 0.15) is 11.5 Å². The van der Waals surface area contributed by atoms with Crippen LogP contribution in [0.3, 0.4) is 0 Å². The monoisotopic (exact) mass is 215 g/mol. The Morgan fingerprint density at radius 3 is 2.67 bits per heavy atom. The molecule has 0 bridgehead atoms. The molecule has 0 radical (unpaired) electrons. The molecule has 0 saturated carbocycles. The van der Waals surface area contributed by atoms with Gasteiger partial charge in [0.05, 0.1) is 12.5 Å². The minimum atomic E-state index is -2.89. The average molecular weight is 215 g/mol. The van der Waals surface area contributed by atoms with Crippen molar-refractivity contribution in [1.82, 2.24) is 4.98 Å². The van der Waals surface area contributed by atoms with Gasteiger partial charge in [-0.25, -0.2) is 13.2 Å². The van der Waals surface area contributed by atoms with Crippen molar-refractivity contribution in [3.8, 4) is 6.07 Å². The van der Waals surface area contributed by atoms with E-state index in [9.17, 15) is 13.2 Å². The van der Waals surface area contributed by atoms with Crippen LogP contribution < -0.4 is 5.73 Å². The molecule has 0 saturated heterocycles. The van der Waals surface area contributed by atoms with Crippen molar-refractivity contribution in [3.05, 3.63) is 28.8 Å². The van der Waals surface area contributed by atoms with Crippen LogP contribution in [0.4, 0.5) is 13.2 Å². The Bertz CT molecular complexity index is 398. The Morgan fingerprint density at radius 1 is 1.53 bits per heavy atom. The number of nitrogens with two attached hydrogens (primary N) is 1. The van der Waals surface area contributed by atoms with Crippen molar-refractivity contribution in [2.75, 3.05) is 0 Å². The van der Waals surface area contributed by atoms with Crippen molar-refractivity contribution in [1.29, 1.82) is 5.26 Å². The maximum Gasteiger partial charge on any atom is 0.280 e. The molecular weight excluding hydrogens is 207 g/mol. The zero-order valence-corrected chi connectivity index (χ0v) is 7.67. The molecule has 80 valence electrons. The Morgan fingerprint density at radius 2 is 2.20 bits per heavy atom. The van der Waals surface area contributed by atoms with Crippen LogP contribution in [0.25, 0.3) is 0 Å². The zero-order valence-electron chi connectivity index (χ0n) is 7.67. The highest BCUT2D eigenvalue weighted by Gasteiger charge is 2.20. The lowest BCUT2D eigenvalue weighted by atomic mass is 10.1. The highest BCUT2D eigenvalue weighted by atomic mass is 19.3. The van der Waals surface area contributed by atoms with E-state index in [1.165, 1.54) is 0 Å². The molecule has 6 heteroatoms. The summed E-state index contributed by atoms with van der Waals surface area (Å²) in [4.78, 5) is 3.41. The molecule has 2 N–H and O–H groups in total. The van der Waals surface area contributed by atoms with Gasteiger partial charge < -0.3 is 5.73 Å². The van der Waals surface area contributed by atoms with E-state index >= 15 is 0 Å². The van der Waals surface area contributed by atoms with Gasteiger partial charge in [0, 0.05) is 23.9 Å². The number of aromatic nitrogens is 1. The molecule has 0 amide bonds. The van der Waals surface area contributed by atoms with Crippen LogP contribution in [0.2, 0.25) is 0 Å². The van der Waals surface area contributed by atoms with Crippen LogP contribution in [0.15, 0.2) is 6.20 Å². The van der Waals surface area contributed by atoms with Crippen LogP contribution in [-0.2, 0) is 13.0 Å². The van der Waals surface area contributed by atoms with Gasteiger partial charge in [-0.05, 0) is 0 Å². The van der Waals surface area contributed by atoms with Gasteiger partial charge in [0.2, 0.25) is 0 Å². The molecule has 1 aromatic heterocycles. The molecule has 0 unspecified atom stereocenters. The number of nitrogens with zero attached hydrogens (tertiary/aromatic N) is 2. The lowest BCUT2D eigenvalue weighted by Gasteiger charge is -2.08. The molecule has 0 fully saturated rings. The molecular formula is C9H8F3N3. The van der Waals surface area contributed by atoms with Gasteiger partial charge in [-0.2, -0.15) is 5.26 Å². The Balaban J connectivity index is 3.32. The fraction of sp³-hybridized carbons (Fsp3) is 0.333. The SMILES string of the molecule is N#CCc1c(C(F)F)ncc(CN)c1F. The van der Waals surface area contributed by atoms with Crippen LogP contribution >= 0.6 is 0 Å². The first-order valence-corrected chi connectivity index (χ1v) is 4.13. The third-order valence-electron chi connectivity index (χ3n) is 1.90. The fourth-order valence-electron chi connectivity index (χ4n) is 1.17. The topological polar surface area (TPSA) is 62.7 Å². The summed E-state index contributed by atoms with van der Waals surface area (Å²) >= 11 is 0. The normalized spacial score (nSPS) is 10.4. The van der Waals surface area contributed by atoms with Crippen molar-refractivity contribution < 1.29 is 13.2 Å². The molecule has 0 spiro atoms. The Hall–Kier alpha value is -1.61. The summed E-state index contributed by atoms with van der Waals surface area (Å²) in [5.74, 6) is -0.857. The third kappa shape index (κ3) is 2.25. The van der Waals surface area contributed by atoms with E-state index in [-0.39, 0.29) is 17.7 Å². The van der Waals surface area contributed by atoms with Crippen molar-refractivity contribution in [3.63, 3.8) is 0 Å². The van der Waals surface area contributed by atoms with E-state index in [1.807, 2.05) is 0 Å². The quantitative estimate of drug-likeness (QED) is 0.834. The third-order valence-corrected chi connectivity index (χ3v) is 1.90. The Labute approximate surface area is 84.3 Å². The second-order valence-electron chi connectivity index (χ2n) is 2.80. The molecule has 1 heterocycles. The summed E-state index contributed by atoms with van der Waals surface area (Å²) in [5.41, 5.74) is 4.17. The summed E-state index contributed by atoms with van der Waals surface area (Å²) in [6.07, 6.45) is -2.36. The lowest BCUT2D eigenvalue weighted by Crippen LogP contribution is -2.08. The highest BCUT2D eigenvalue weighted by molar-refractivity contribution is 5.30. The van der Waals surface area contributed by atoms with Crippen LogP contribution in [0.1, 0.15) is 23.2 Å². The average Bonchev–Trinajstić information content (AvgIpc) is 2.20. The maximum atomic E-state index is 13.5. The van der Waals surface area contributed by atoms with Gasteiger partial charge in [0.25, 0.3) is 6.43 Å². The second kappa shape index (κ2) is 4.75. The summed E-state index contributed by atoms with van der Waals surface area (Å²) < 4.78 is 38.3. The number of alkyl halides is 2. The first kappa shape index (κ1) is 11.5. The highest BCUT2D eigenvalue weighted by Crippen LogP contribution is 2.24. The van der Waals surface area contributed by atoms with E-state index in [2.05, 4.69) is 4.98 Å². The molecule has 3 nitrogen and oxygen atoms in total. The predicted octanol–water partition coefficient (Wildman–Crippen LogP) is 1.68. The van der Waals surface area contributed by atoms with E-state index < -0.39 is 24.4 Å². The number of rotatable bonds is 3. The molecule has 0 aliphatic carbocycles. The van der Waals surface area contributed by atoms with Crippen molar-refractivity contribution >= 4 is 0 Å². The van der Waals surface area contributed by atoms with Crippen LogP contribution in [-0.4, -0.2) is 4.98 Å². The number of halogens is 3. The molecule has 0 aliphatic rings. The molecule has 0 aliphatic heterocycles. The number of hydrogen-bond acceptors (Lipinski definition) is 3. The Kier molecular flexibility index (Phi) is 3.63. The standard InChI is InChI=1S/C9H8F3N3/c10-7-5(3-14)4-15-8(9(11)12)6(7)1-2-13/h4,9H,1,3,14H2. The summed E-state index contributed by atoms with van der Waals surface area (Å²) in [6, 6.07) is 1.62. The molecule has 1 rings (SSSR count). The minimum absolute atomic E-state index is 0.0321. The second-order valence-corrected chi connectivity index (χ2v) is 2.80. The smallest absolute Gasteiger partial charge is 0.280 e. The van der Waals surface area contributed by atoms with E-state index in [1.54, 1.807) is 6.07 Å². The van der Waals surface area contributed by atoms with Gasteiger partial charge >= 0.3 is 0 Å². The number of hydrogen-bond donors (Lipinski definition) is 1. The zero-order chi connectivity index (χ0) is 11.4. The van der Waals surface area contributed by atoms with Gasteiger partial charge in [0.15, 0.2) is 0 Å². The molecule has 15 heavy (non-hydrogen) atoms. The maximum absolute atomic E-state index is 13.5. The van der Waals surface area contributed by atoms with E-state index in [0.717, 1.165) is 6.20 Å². The van der Waals surface area contributed by atoms with Gasteiger partial charge in [-0.15, -0.1) is 0 Å². The van der Waals surface area contributed by atoms with E-state index in [0.29, 0.717) is 0 Å². The van der Waals surface area contributed by atoms with Crippen molar-refractivity contribution in [2.45, 2.75) is 19.4 Å². The largest absolute Gasteiger partial charge is 0.326 e. The summed E-state index contributed by atoms with van der Waals surface area (Å²) in [6.45, 7) is -0.138. The molecule has 0 atom stereocenters. The van der Waals surface area contributed by atoms with Crippen molar-refractivity contribution in [2.24, 2.45) is 5.73 Å². The number of pyridine rings is 1. The predicted molar refractivity (Wildman–Crippen MR) is 46.4 cm³/mol. The van der Waals surface area contributed by atoms with Gasteiger partial charge in [-0.1, -0.05) is 0 Å². The molecule has 0 aromatic carbocycles. The lowest BCUT2D eigenvalue weighted by molar-refractivity contribution is 0.144. The molecule has 1 aromatic rings. The fourth-order valence-corrected chi connectivity index (χ4v) is 1.17. The van der Waals surface area contributed by atoms with Crippen LogP contribution in [0.5, 0.6) is 0 Å².